The number of aliphatic hydroxyl groups excluding tert-OH is 1. The molecular formula is C13H12F4O. The van der Waals surface area contributed by atoms with E-state index in [1.54, 1.807) is 0 Å². The number of alkyl halides is 3. The second-order valence-electron chi connectivity index (χ2n) is 3.85. The maximum absolute atomic E-state index is 13.3. The van der Waals surface area contributed by atoms with E-state index in [9.17, 15) is 22.7 Å². The van der Waals surface area contributed by atoms with Crippen LogP contribution in [-0.4, -0.2) is 5.11 Å². The number of terminal acetylenes is 1. The van der Waals surface area contributed by atoms with E-state index in [0.717, 1.165) is 0 Å². The maximum atomic E-state index is 13.3. The Morgan fingerprint density at radius 2 is 2.00 bits per heavy atom. The number of benzene rings is 1. The van der Waals surface area contributed by atoms with E-state index < -0.39 is 23.7 Å². The van der Waals surface area contributed by atoms with Crippen molar-refractivity contribution in [1.82, 2.24) is 0 Å². The Kier molecular flexibility index (Phi) is 4.74. The molecule has 1 N–H and O–H groups in total. The quantitative estimate of drug-likeness (QED) is 0.497. The van der Waals surface area contributed by atoms with E-state index in [-0.39, 0.29) is 12.0 Å². The molecule has 0 saturated carbocycles. The van der Waals surface area contributed by atoms with Crippen molar-refractivity contribution in [2.45, 2.75) is 31.5 Å². The van der Waals surface area contributed by atoms with Crippen molar-refractivity contribution >= 4 is 0 Å². The first-order valence-corrected chi connectivity index (χ1v) is 5.34. The van der Waals surface area contributed by atoms with Crippen LogP contribution < -0.4 is 0 Å². The van der Waals surface area contributed by atoms with E-state index in [1.807, 2.05) is 0 Å². The van der Waals surface area contributed by atoms with Crippen molar-refractivity contribution in [3.05, 3.63) is 35.1 Å². The lowest BCUT2D eigenvalue weighted by atomic mass is 10.0. The molecule has 0 radical (unpaired) electrons. The van der Waals surface area contributed by atoms with Gasteiger partial charge in [0.15, 0.2) is 0 Å². The van der Waals surface area contributed by atoms with Gasteiger partial charge in [0, 0.05) is 12.0 Å². The smallest absolute Gasteiger partial charge is 0.388 e. The third kappa shape index (κ3) is 3.74. The summed E-state index contributed by atoms with van der Waals surface area (Å²) in [5.74, 6) is 1.49. The highest BCUT2D eigenvalue weighted by Crippen LogP contribution is 2.32. The Balaban J connectivity index is 2.91. The highest BCUT2D eigenvalue weighted by Gasteiger charge is 2.31. The van der Waals surface area contributed by atoms with Crippen LogP contribution in [0.2, 0.25) is 0 Å². The first-order valence-electron chi connectivity index (χ1n) is 5.34. The topological polar surface area (TPSA) is 20.2 Å². The van der Waals surface area contributed by atoms with Gasteiger partial charge in [-0.15, -0.1) is 12.3 Å². The molecule has 0 aliphatic rings. The third-order valence-electron chi connectivity index (χ3n) is 2.48. The van der Waals surface area contributed by atoms with E-state index in [1.165, 1.54) is 0 Å². The zero-order valence-electron chi connectivity index (χ0n) is 9.47. The van der Waals surface area contributed by atoms with Gasteiger partial charge in [-0.3, -0.25) is 0 Å². The van der Waals surface area contributed by atoms with Gasteiger partial charge in [-0.05, 0) is 31.0 Å². The van der Waals surface area contributed by atoms with E-state index in [0.29, 0.717) is 31.0 Å². The van der Waals surface area contributed by atoms with Gasteiger partial charge in [0.1, 0.15) is 5.82 Å². The minimum Gasteiger partial charge on any atom is -0.388 e. The van der Waals surface area contributed by atoms with E-state index >= 15 is 0 Å². The SMILES string of the molecule is C#CCCCC(O)c1cc(C(F)(F)F)ccc1F. The molecule has 1 nitrogen and oxygen atoms in total. The predicted octanol–water partition coefficient (Wildman–Crippen LogP) is 3.68. The molecule has 0 aliphatic carbocycles. The summed E-state index contributed by atoms with van der Waals surface area (Å²) in [4.78, 5) is 0. The molecular weight excluding hydrogens is 248 g/mol. The van der Waals surface area contributed by atoms with Gasteiger partial charge in [-0.1, -0.05) is 0 Å². The molecule has 1 unspecified atom stereocenters. The first-order chi connectivity index (χ1) is 8.36. The van der Waals surface area contributed by atoms with Crippen molar-refractivity contribution in [3.8, 4) is 12.3 Å². The lowest BCUT2D eigenvalue weighted by Crippen LogP contribution is -2.08. The fourth-order valence-electron chi connectivity index (χ4n) is 1.53. The number of aliphatic hydroxyl groups is 1. The summed E-state index contributed by atoms with van der Waals surface area (Å²) in [5.41, 5.74) is -1.32. The molecule has 0 heterocycles. The van der Waals surface area contributed by atoms with Crippen LogP contribution in [0.5, 0.6) is 0 Å². The zero-order chi connectivity index (χ0) is 13.8. The van der Waals surface area contributed by atoms with Gasteiger partial charge < -0.3 is 5.11 Å². The summed E-state index contributed by atoms with van der Waals surface area (Å²) in [6.45, 7) is 0. The highest BCUT2D eigenvalue weighted by molar-refractivity contribution is 5.28. The van der Waals surface area contributed by atoms with Gasteiger partial charge in [0.25, 0.3) is 0 Å². The van der Waals surface area contributed by atoms with Crippen LogP contribution in [0.3, 0.4) is 0 Å². The molecule has 5 heteroatoms. The van der Waals surface area contributed by atoms with Crippen LogP contribution >= 0.6 is 0 Å². The molecule has 1 atom stereocenters. The number of halogens is 4. The van der Waals surface area contributed by atoms with Crippen LogP contribution in [0.4, 0.5) is 17.6 Å². The number of unbranched alkanes of at least 4 members (excludes halogenated alkanes) is 1. The second kappa shape index (κ2) is 5.87. The Labute approximate surface area is 102 Å². The standard InChI is InChI=1S/C13H12F4O/c1-2-3-4-5-12(18)10-8-9(13(15,16)17)6-7-11(10)14/h1,6-8,12,18H,3-5H2. The molecule has 0 amide bonds. The number of hydrogen-bond donors (Lipinski definition) is 1. The Morgan fingerprint density at radius 1 is 1.33 bits per heavy atom. The fraction of sp³-hybridized carbons (Fsp3) is 0.385. The molecule has 18 heavy (non-hydrogen) atoms. The molecule has 0 fully saturated rings. The third-order valence-corrected chi connectivity index (χ3v) is 2.48. The van der Waals surface area contributed by atoms with Crippen LogP contribution in [0.15, 0.2) is 18.2 Å². The lowest BCUT2D eigenvalue weighted by Gasteiger charge is -2.14. The molecule has 0 aromatic heterocycles. The van der Waals surface area contributed by atoms with Crippen molar-refractivity contribution in [2.75, 3.05) is 0 Å². The van der Waals surface area contributed by atoms with Crippen LogP contribution in [0.1, 0.15) is 36.5 Å². The second-order valence-corrected chi connectivity index (χ2v) is 3.85. The van der Waals surface area contributed by atoms with Crippen molar-refractivity contribution < 1.29 is 22.7 Å². The van der Waals surface area contributed by atoms with Gasteiger partial charge >= 0.3 is 6.18 Å². The minimum atomic E-state index is -4.55. The summed E-state index contributed by atoms with van der Waals surface area (Å²) >= 11 is 0. The van der Waals surface area contributed by atoms with Crippen molar-refractivity contribution in [2.24, 2.45) is 0 Å². The van der Waals surface area contributed by atoms with E-state index in [2.05, 4.69) is 5.92 Å². The zero-order valence-corrected chi connectivity index (χ0v) is 9.47. The Hall–Kier alpha value is -1.54. The average Bonchev–Trinajstić information content (AvgIpc) is 2.28. The molecule has 0 spiro atoms. The summed E-state index contributed by atoms with van der Waals surface area (Å²) in [6, 6.07) is 1.99. The summed E-state index contributed by atoms with van der Waals surface area (Å²) in [6.07, 6.45) is 0.116. The Bertz CT molecular complexity index is 445. The highest BCUT2D eigenvalue weighted by atomic mass is 19.4. The van der Waals surface area contributed by atoms with Crippen LogP contribution in [0, 0.1) is 18.2 Å². The number of hydrogen-bond acceptors (Lipinski definition) is 1. The molecule has 0 saturated heterocycles. The normalized spacial score (nSPS) is 13.1. The maximum Gasteiger partial charge on any atom is 0.416 e. The van der Waals surface area contributed by atoms with Gasteiger partial charge in [0.05, 0.1) is 11.7 Å². The number of rotatable bonds is 4. The summed E-state index contributed by atoms with van der Waals surface area (Å²) < 4.78 is 50.7. The average molecular weight is 260 g/mol. The first kappa shape index (κ1) is 14.5. The Morgan fingerprint density at radius 3 is 2.56 bits per heavy atom. The summed E-state index contributed by atoms with van der Waals surface area (Å²) in [5, 5.41) is 9.64. The minimum absolute atomic E-state index is 0.127. The van der Waals surface area contributed by atoms with Crippen molar-refractivity contribution in [1.29, 1.82) is 0 Å². The molecule has 1 rings (SSSR count). The predicted molar refractivity (Wildman–Crippen MR) is 59.0 cm³/mol. The lowest BCUT2D eigenvalue weighted by molar-refractivity contribution is -0.137. The van der Waals surface area contributed by atoms with Crippen LogP contribution in [0.25, 0.3) is 0 Å². The van der Waals surface area contributed by atoms with Gasteiger partial charge in [-0.25, -0.2) is 4.39 Å². The molecule has 0 aliphatic heterocycles. The van der Waals surface area contributed by atoms with Gasteiger partial charge in [0.2, 0.25) is 0 Å². The van der Waals surface area contributed by atoms with E-state index in [4.69, 9.17) is 6.42 Å². The molecule has 0 bridgehead atoms. The summed E-state index contributed by atoms with van der Waals surface area (Å²) in [7, 11) is 0. The molecule has 1 aromatic rings. The fourth-order valence-corrected chi connectivity index (χ4v) is 1.53. The van der Waals surface area contributed by atoms with Crippen molar-refractivity contribution in [3.63, 3.8) is 0 Å². The largest absolute Gasteiger partial charge is 0.416 e. The van der Waals surface area contributed by atoms with Crippen LogP contribution in [-0.2, 0) is 6.18 Å². The molecule has 98 valence electrons. The monoisotopic (exact) mass is 260 g/mol. The van der Waals surface area contributed by atoms with Gasteiger partial charge in [-0.2, -0.15) is 13.2 Å². The molecule has 1 aromatic carbocycles.